The van der Waals surface area contributed by atoms with Gasteiger partial charge in [-0.05, 0) is 38.5 Å². The number of aliphatic hydroxyl groups is 5. The molecule has 6 unspecified atom stereocenters. The van der Waals surface area contributed by atoms with Crippen LogP contribution in [0, 0.1) is 0 Å². The van der Waals surface area contributed by atoms with E-state index in [0.29, 0.717) is 12.8 Å². The van der Waals surface area contributed by atoms with Crippen molar-refractivity contribution in [3.63, 3.8) is 0 Å². The molecule has 56 heavy (non-hydrogen) atoms. The first-order valence-electron chi connectivity index (χ1n) is 21.6. The van der Waals surface area contributed by atoms with Gasteiger partial charge in [0, 0.05) is 12.8 Å². The average molecular weight is 821 g/mol. The Morgan fingerprint density at radius 2 is 0.982 bits per heavy atom. The minimum Gasteiger partial charge on any atom is -0.462 e. The SMILES string of the molecule is CCCC/C=C\C/C=C\CCCCCCCC(=O)OC[C@H](COP(=O)(O)OC1C(O)C(O)C(O)[C@@H](O)C1O)OC(=O)CCCCCCCCCCCCCCC. The van der Waals surface area contributed by atoms with Crippen LogP contribution in [0.2, 0.25) is 0 Å². The maximum atomic E-state index is 12.8. The molecule has 0 saturated heterocycles. The maximum Gasteiger partial charge on any atom is 0.472 e. The number of esters is 2. The summed E-state index contributed by atoms with van der Waals surface area (Å²) < 4.78 is 33.4. The Morgan fingerprint density at radius 1 is 0.554 bits per heavy atom. The number of allylic oxidation sites excluding steroid dienone is 4. The van der Waals surface area contributed by atoms with Crippen molar-refractivity contribution in [1.82, 2.24) is 0 Å². The predicted octanol–water partition coefficient (Wildman–Crippen LogP) is 7.67. The normalized spacial score (nSPS) is 23.1. The second kappa shape index (κ2) is 33.2. The topological polar surface area (TPSA) is 210 Å². The number of ether oxygens (including phenoxy) is 2. The van der Waals surface area contributed by atoms with Crippen LogP contribution in [0.15, 0.2) is 24.3 Å². The van der Waals surface area contributed by atoms with Gasteiger partial charge in [-0.2, -0.15) is 0 Å². The average Bonchev–Trinajstić information content (AvgIpc) is 3.18. The first-order chi connectivity index (χ1) is 26.9. The van der Waals surface area contributed by atoms with Crippen molar-refractivity contribution in [1.29, 1.82) is 0 Å². The van der Waals surface area contributed by atoms with E-state index in [1.807, 2.05) is 0 Å². The van der Waals surface area contributed by atoms with Gasteiger partial charge in [0.2, 0.25) is 0 Å². The van der Waals surface area contributed by atoms with Crippen molar-refractivity contribution >= 4 is 19.8 Å². The van der Waals surface area contributed by atoms with Gasteiger partial charge in [0.15, 0.2) is 6.10 Å². The van der Waals surface area contributed by atoms with E-state index in [1.165, 1.54) is 64.2 Å². The number of aliphatic hydroxyl groups excluding tert-OH is 5. The summed E-state index contributed by atoms with van der Waals surface area (Å²) >= 11 is 0. The number of carbonyl (C=O) groups excluding carboxylic acids is 2. The largest absolute Gasteiger partial charge is 0.472 e. The van der Waals surface area contributed by atoms with E-state index >= 15 is 0 Å². The molecule has 1 saturated carbocycles. The Balaban J connectivity index is 2.50. The van der Waals surface area contributed by atoms with E-state index in [0.717, 1.165) is 70.6 Å². The third-order valence-corrected chi connectivity index (χ3v) is 11.0. The van der Waals surface area contributed by atoms with E-state index < -0.39 is 75.7 Å². The van der Waals surface area contributed by atoms with Crippen LogP contribution in [-0.2, 0) is 32.7 Å². The highest BCUT2D eigenvalue weighted by atomic mass is 31.2. The number of phosphoric acid groups is 1. The monoisotopic (exact) mass is 821 g/mol. The molecule has 0 aromatic heterocycles. The number of carbonyl (C=O) groups is 2. The Hall–Kier alpha value is -1.67. The number of hydrogen-bond acceptors (Lipinski definition) is 12. The first-order valence-corrected chi connectivity index (χ1v) is 23.1. The molecule has 1 fully saturated rings. The summed E-state index contributed by atoms with van der Waals surface area (Å²) in [6.07, 6.45) is 20.9. The van der Waals surface area contributed by atoms with Crippen LogP contribution in [0.4, 0.5) is 0 Å². The lowest BCUT2D eigenvalue weighted by Gasteiger charge is -2.41. The third kappa shape index (κ3) is 25.6. The van der Waals surface area contributed by atoms with Gasteiger partial charge in [0.05, 0.1) is 6.61 Å². The fraction of sp³-hybridized carbons (Fsp3) is 0.857. The van der Waals surface area contributed by atoms with Crippen LogP contribution in [0.3, 0.4) is 0 Å². The van der Waals surface area contributed by atoms with Gasteiger partial charge in [-0.15, -0.1) is 0 Å². The van der Waals surface area contributed by atoms with Gasteiger partial charge in [0.1, 0.15) is 43.2 Å². The molecule has 1 aliphatic rings. The lowest BCUT2D eigenvalue weighted by atomic mass is 9.85. The van der Waals surface area contributed by atoms with Crippen LogP contribution in [-0.4, -0.2) is 98.3 Å². The molecule has 0 amide bonds. The van der Waals surface area contributed by atoms with Gasteiger partial charge < -0.3 is 39.9 Å². The molecule has 0 aromatic rings. The summed E-state index contributed by atoms with van der Waals surface area (Å²) in [6.45, 7) is 3.23. The molecule has 14 heteroatoms. The quantitative estimate of drug-likeness (QED) is 0.0157. The van der Waals surface area contributed by atoms with E-state index in [4.69, 9.17) is 18.5 Å². The van der Waals surface area contributed by atoms with E-state index in [-0.39, 0.29) is 12.8 Å². The van der Waals surface area contributed by atoms with Crippen molar-refractivity contribution in [2.75, 3.05) is 13.2 Å². The second-order valence-corrected chi connectivity index (χ2v) is 16.6. The summed E-state index contributed by atoms with van der Waals surface area (Å²) in [4.78, 5) is 35.6. The Bertz CT molecular complexity index is 1090. The molecule has 328 valence electrons. The fourth-order valence-electron chi connectivity index (χ4n) is 6.48. The molecule has 1 rings (SSSR count). The Kier molecular flexibility index (Phi) is 31.0. The van der Waals surface area contributed by atoms with E-state index in [2.05, 4.69) is 38.2 Å². The summed E-state index contributed by atoms with van der Waals surface area (Å²) in [7, 11) is -5.11. The summed E-state index contributed by atoms with van der Waals surface area (Å²) in [5.74, 6) is -1.11. The highest BCUT2D eigenvalue weighted by molar-refractivity contribution is 7.47. The molecule has 0 bridgehead atoms. The molecular formula is C42H77O13P. The second-order valence-electron chi connectivity index (χ2n) is 15.2. The molecular weight excluding hydrogens is 743 g/mol. The van der Waals surface area contributed by atoms with Gasteiger partial charge in [0.25, 0.3) is 0 Å². The Labute approximate surface area is 336 Å². The molecule has 0 spiro atoms. The van der Waals surface area contributed by atoms with Gasteiger partial charge in [-0.25, -0.2) is 4.57 Å². The van der Waals surface area contributed by atoms with E-state index in [9.17, 15) is 44.6 Å². The number of phosphoric ester groups is 1. The highest BCUT2D eigenvalue weighted by Gasteiger charge is 2.51. The molecule has 1 aliphatic carbocycles. The fourth-order valence-corrected chi connectivity index (χ4v) is 7.45. The number of unbranched alkanes of at least 4 members (excludes halogenated alkanes) is 19. The smallest absolute Gasteiger partial charge is 0.462 e. The number of hydrogen-bond donors (Lipinski definition) is 6. The molecule has 0 aliphatic heterocycles. The van der Waals surface area contributed by atoms with Crippen LogP contribution in [0.25, 0.3) is 0 Å². The zero-order chi connectivity index (χ0) is 41.4. The van der Waals surface area contributed by atoms with Crippen LogP contribution in [0.5, 0.6) is 0 Å². The highest BCUT2D eigenvalue weighted by Crippen LogP contribution is 2.47. The zero-order valence-electron chi connectivity index (χ0n) is 34.4. The van der Waals surface area contributed by atoms with Crippen molar-refractivity contribution < 1.29 is 63.1 Å². The van der Waals surface area contributed by atoms with Crippen molar-refractivity contribution in [3.05, 3.63) is 24.3 Å². The van der Waals surface area contributed by atoms with E-state index in [1.54, 1.807) is 0 Å². The molecule has 0 heterocycles. The molecule has 6 N–H and O–H groups in total. The first kappa shape index (κ1) is 52.3. The summed E-state index contributed by atoms with van der Waals surface area (Å²) in [5, 5.41) is 50.0. The Morgan fingerprint density at radius 3 is 1.50 bits per heavy atom. The van der Waals surface area contributed by atoms with Crippen LogP contribution in [0.1, 0.15) is 174 Å². The third-order valence-electron chi connectivity index (χ3n) is 10.0. The molecule has 0 aromatic carbocycles. The minimum absolute atomic E-state index is 0.0972. The molecule has 0 radical (unpaired) electrons. The summed E-state index contributed by atoms with van der Waals surface area (Å²) in [5.41, 5.74) is 0. The van der Waals surface area contributed by atoms with Crippen LogP contribution < -0.4 is 0 Å². The minimum atomic E-state index is -5.11. The van der Waals surface area contributed by atoms with Crippen molar-refractivity contribution in [2.24, 2.45) is 0 Å². The predicted molar refractivity (Wildman–Crippen MR) is 217 cm³/mol. The summed E-state index contributed by atoms with van der Waals surface area (Å²) in [6, 6.07) is 0. The van der Waals surface area contributed by atoms with Crippen LogP contribution >= 0.6 is 7.82 Å². The van der Waals surface area contributed by atoms with Gasteiger partial charge in [-0.3, -0.25) is 18.6 Å². The number of rotatable bonds is 35. The lowest BCUT2D eigenvalue weighted by Crippen LogP contribution is -2.64. The lowest BCUT2D eigenvalue weighted by molar-refractivity contribution is -0.220. The van der Waals surface area contributed by atoms with Gasteiger partial charge >= 0.3 is 19.8 Å². The molecule has 8 atom stereocenters. The zero-order valence-corrected chi connectivity index (χ0v) is 35.3. The maximum absolute atomic E-state index is 12.8. The van der Waals surface area contributed by atoms with Gasteiger partial charge in [-0.1, -0.05) is 147 Å². The molecule has 13 nitrogen and oxygen atoms in total. The van der Waals surface area contributed by atoms with Crippen molar-refractivity contribution in [2.45, 2.75) is 217 Å². The standard InChI is InChI=1S/C42H77O13P/c1-3-5-7-9-11-13-15-17-19-20-22-24-26-28-30-35(43)52-32-34(33-53-56(50,51)55-42-40(48)38(46)37(45)39(47)41(42)49)54-36(44)31-29-27-25-23-21-18-16-14-12-10-8-6-4-2/h9,11,15,17,34,37-42,45-49H,3-8,10,12-14,16,18-33H2,1-2H3,(H,50,51)/b11-9-,17-15-/t34-,37?,38-,39?,40?,41?,42?/m1/s1. The van der Waals surface area contributed by atoms with Crippen molar-refractivity contribution in [3.8, 4) is 0 Å².